The third kappa shape index (κ3) is 1.96. The van der Waals surface area contributed by atoms with Gasteiger partial charge in [0.15, 0.2) is 5.65 Å². The van der Waals surface area contributed by atoms with Crippen LogP contribution in [0.5, 0.6) is 0 Å². The van der Waals surface area contributed by atoms with Gasteiger partial charge in [-0.3, -0.25) is 4.98 Å². The maximum Gasteiger partial charge on any atom is 0.493 e. The third-order valence-corrected chi connectivity index (χ3v) is 1.69. The molecule has 0 saturated heterocycles. The number of nitrogens with one attached hydrogen (secondary N) is 1. The Labute approximate surface area is 89.8 Å². The summed E-state index contributed by atoms with van der Waals surface area (Å²) >= 11 is 0. The number of fused-ring (bicyclic) bond motifs is 1. The fourth-order valence-electron chi connectivity index (χ4n) is 1.04. The van der Waals surface area contributed by atoms with E-state index < -0.39 is 17.8 Å². The normalized spacial score (nSPS) is 11.7. The van der Waals surface area contributed by atoms with Gasteiger partial charge in [0, 0.05) is 12.4 Å². The van der Waals surface area contributed by atoms with Gasteiger partial charge < -0.3 is 4.84 Å². The minimum atomic E-state index is -5.20. The molecule has 0 unspecified atom stereocenters. The Morgan fingerprint density at radius 2 is 2.00 bits per heavy atom. The first kappa shape index (κ1) is 11.1. The van der Waals surface area contributed by atoms with E-state index in [0.717, 1.165) is 6.20 Å². The van der Waals surface area contributed by atoms with Gasteiger partial charge in [-0.25, -0.2) is 19.6 Å². The topological polar surface area (TPSA) is 89.9 Å². The van der Waals surface area contributed by atoms with E-state index >= 15 is 0 Å². The summed E-state index contributed by atoms with van der Waals surface area (Å²) in [6.07, 6.45) is -2.85. The molecule has 90 valence electrons. The highest BCUT2D eigenvalue weighted by Crippen LogP contribution is 2.15. The van der Waals surface area contributed by atoms with Gasteiger partial charge in [-0.15, -0.1) is 0 Å². The first-order valence-electron chi connectivity index (χ1n) is 4.11. The molecule has 0 spiro atoms. The highest BCUT2D eigenvalue weighted by atomic mass is 19.4. The molecule has 0 radical (unpaired) electrons. The van der Waals surface area contributed by atoms with Crippen molar-refractivity contribution in [3.8, 4) is 0 Å². The number of carbonyl (C=O) groups excluding carboxylic acids is 1. The van der Waals surface area contributed by atoms with Crippen molar-refractivity contribution in [3.63, 3.8) is 0 Å². The van der Waals surface area contributed by atoms with Crippen LogP contribution in [-0.2, 0) is 4.79 Å². The molecule has 2 rings (SSSR count). The SMILES string of the molecule is O=C(On1c(=O)[nH]c2nccnc21)C(F)(F)F. The van der Waals surface area contributed by atoms with E-state index in [1.807, 2.05) is 0 Å². The van der Waals surface area contributed by atoms with E-state index in [1.54, 1.807) is 0 Å². The van der Waals surface area contributed by atoms with Gasteiger partial charge in [-0.2, -0.15) is 13.2 Å². The van der Waals surface area contributed by atoms with Crippen molar-refractivity contribution in [2.24, 2.45) is 0 Å². The first-order valence-corrected chi connectivity index (χ1v) is 4.11. The number of rotatable bonds is 1. The van der Waals surface area contributed by atoms with Crippen LogP contribution in [0.2, 0.25) is 0 Å². The highest BCUT2D eigenvalue weighted by Gasteiger charge is 2.42. The van der Waals surface area contributed by atoms with Gasteiger partial charge in [-0.05, 0) is 0 Å². The molecule has 10 heteroatoms. The number of alkyl halides is 3. The van der Waals surface area contributed by atoms with Gasteiger partial charge in [0.1, 0.15) is 0 Å². The monoisotopic (exact) mass is 248 g/mol. The maximum absolute atomic E-state index is 11.9. The summed E-state index contributed by atoms with van der Waals surface area (Å²) in [5.41, 5.74) is -1.48. The van der Waals surface area contributed by atoms with Crippen LogP contribution in [-0.4, -0.2) is 31.8 Å². The summed E-state index contributed by atoms with van der Waals surface area (Å²) in [4.78, 5) is 34.9. The van der Waals surface area contributed by atoms with Crippen molar-refractivity contribution >= 4 is 17.3 Å². The van der Waals surface area contributed by atoms with E-state index in [-0.39, 0.29) is 16.0 Å². The highest BCUT2D eigenvalue weighted by molar-refractivity contribution is 5.76. The number of aromatic amines is 1. The average Bonchev–Trinajstić information content (AvgIpc) is 2.54. The Kier molecular flexibility index (Phi) is 2.33. The lowest BCUT2D eigenvalue weighted by molar-refractivity contribution is -0.199. The first-order chi connectivity index (χ1) is 7.89. The van der Waals surface area contributed by atoms with Crippen molar-refractivity contribution in [2.45, 2.75) is 6.18 Å². The van der Waals surface area contributed by atoms with E-state index in [1.165, 1.54) is 6.20 Å². The Hall–Kier alpha value is -2.39. The number of nitrogens with zero attached hydrogens (tertiary/aromatic N) is 3. The van der Waals surface area contributed by atoms with Gasteiger partial charge in [0.2, 0.25) is 5.65 Å². The molecule has 0 amide bonds. The molecule has 1 N–H and O–H groups in total. The summed E-state index contributed by atoms with van der Waals surface area (Å²) in [7, 11) is 0. The molecule has 2 heterocycles. The van der Waals surface area contributed by atoms with Crippen LogP contribution < -0.4 is 10.5 Å². The van der Waals surface area contributed by atoms with Gasteiger partial charge in [0.05, 0.1) is 0 Å². The summed E-state index contributed by atoms with van der Waals surface area (Å²) in [6, 6.07) is 0. The molecule has 0 saturated carbocycles. The molecular formula is C7H3F3N4O3. The van der Waals surface area contributed by atoms with Gasteiger partial charge >= 0.3 is 17.8 Å². The molecule has 0 aromatic carbocycles. The standard InChI is InChI=1S/C7H3F3N4O3/c8-7(9,10)5(15)17-14-4-3(13-6(14)16)11-1-2-12-4/h1-2H,(H,11,13,16). The summed E-state index contributed by atoms with van der Waals surface area (Å²) in [6.45, 7) is 0. The zero-order valence-corrected chi connectivity index (χ0v) is 7.85. The van der Waals surface area contributed by atoms with Crippen LogP contribution in [0, 0.1) is 0 Å². The average molecular weight is 248 g/mol. The number of imidazole rings is 1. The molecule has 2 aromatic rings. The van der Waals surface area contributed by atoms with Crippen LogP contribution in [0.15, 0.2) is 17.2 Å². The minimum Gasteiger partial charge on any atom is -0.321 e. The van der Waals surface area contributed by atoms with E-state index in [4.69, 9.17) is 0 Å². The number of carbonyl (C=O) groups is 1. The fourth-order valence-corrected chi connectivity index (χ4v) is 1.04. The Bertz CT molecular complexity index is 629. The zero-order chi connectivity index (χ0) is 12.6. The molecule has 0 atom stereocenters. The van der Waals surface area contributed by atoms with Crippen molar-refractivity contribution in [2.75, 3.05) is 0 Å². The molecule has 0 aliphatic carbocycles. The van der Waals surface area contributed by atoms with Crippen molar-refractivity contribution < 1.29 is 22.8 Å². The molecule has 0 aliphatic heterocycles. The number of H-pyrrole nitrogens is 1. The second-order valence-electron chi connectivity index (χ2n) is 2.83. The molecule has 0 aliphatic rings. The van der Waals surface area contributed by atoms with Crippen LogP contribution >= 0.6 is 0 Å². The molecule has 7 nitrogen and oxygen atoms in total. The fraction of sp³-hybridized carbons (Fsp3) is 0.143. The van der Waals surface area contributed by atoms with E-state index in [2.05, 4.69) is 19.8 Å². The third-order valence-electron chi connectivity index (χ3n) is 1.69. The lowest BCUT2D eigenvalue weighted by atomic mass is 10.7. The lowest BCUT2D eigenvalue weighted by Crippen LogP contribution is -2.37. The maximum atomic E-state index is 11.9. The minimum absolute atomic E-state index is 0.0903. The second kappa shape index (κ2) is 3.57. The van der Waals surface area contributed by atoms with Crippen LogP contribution in [0.4, 0.5) is 13.2 Å². The summed E-state index contributed by atoms with van der Waals surface area (Å²) < 4.78 is 35.9. The van der Waals surface area contributed by atoms with Crippen molar-refractivity contribution in [3.05, 3.63) is 22.9 Å². The largest absolute Gasteiger partial charge is 0.493 e. The molecule has 2 aromatic heterocycles. The predicted octanol–water partition coefficient (Wildman–Crippen LogP) is -0.363. The Morgan fingerprint density at radius 3 is 2.65 bits per heavy atom. The van der Waals surface area contributed by atoms with Crippen LogP contribution in [0.1, 0.15) is 0 Å². The van der Waals surface area contributed by atoms with Crippen molar-refractivity contribution in [1.82, 2.24) is 19.7 Å². The van der Waals surface area contributed by atoms with E-state index in [0.29, 0.717) is 0 Å². The van der Waals surface area contributed by atoms with E-state index in [9.17, 15) is 22.8 Å². The number of halogens is 3. The van der Waals surface area contributed by atoms with Crippen LogP contribution in [0.3, 0.4) is 0 Å². The van der Waals surface area contributed by atoms with Gasteiger partial charge in [0.25, 0.3) is 0 Å². The lowest BCUT2D eigenvalue weighted by Gasteiger charge is -2.05. The summed E-state index contributed by atoms with van der Waals surface area (Å²) in [5.74, 6) is -2.52. The summed E-state index contributed by atoms with van der Waals surface area (Å²) in [5, 5.41) is 0. The zero-order valence-electron chi connectivity index (χ0n) is 7.85. The van der Waals surface area contributed by atoms with Gasteiger partial charge in [-0.1, -0.05) is 4.73 Å². The Morgan fingerprint density at radius 1 is 1.35 bits per heavy atom. The van der Waals surface area contributed by atoms with Crippen molar-refractivity contribution in [1.29, 1.82) is 0 Å². The Balaban J connectivity index is 2.46. The second-order valence-corrected chi connectivity index (χ2v) is 2.83. The quantitative estimate of drug-likeness (QED) is 0.744. The number of hydrogen-bond acceptors (Lipinski definition) is 5. The molecular weight excluding hydrogens is 245 g/mol. The predicted molar refractivity (Wildman–Crippen MR) is 45.8 cm³/mol. The molecule has 0 fully saturated rings. The molecule has 17 heavy (non-hydrogen) atoms. The smallest absolute Gasteiger partial charge is 0.321 e. The van der Waals surface area contributed by atoms with Crippen LogP contribution in [0.25, 0.3) is 11.3 Å². The number of hydrogen-bond donors (Lipinski definition) is 1. The number of aromatic nitrogens is 4. The molecule has 0 bridgehead atoms.